The van der Waals surface area contributed by atoms with Crippen LogP contribution in [-0.4, -0.2) is 83.5 Å². The van der Waals surface area contributed by atoms with Gasteiger partial charge in [-0.15, -0.1) is 0 Å². The minimum absolute atomic E-state index is 0.0640. The number of benzene rings is 1. The zero-order chi connectivity index (χ0) is 27.7. The van der Waals surface area contributed by atoms with Crippen LogP contribution < -0.4 is 21.7 Å². The molecule has 2 unspecified atom stereocenters. The minimum Gasteiger partial charge on any atom is -0.391 e. The molecule has 0 aliphatic carbocycles. The van der Waals surface area contributed by atoms with Crippen molar-refractivity contribution in [3.05, 3.63) is 34.3 Å². The van der Waals surface area contributed by atoms with E-state index in [0.29, 0.717) is 12.0 Å². The van der Waals surface area contributed by atoms with E-state index in [1.807, 2.05) is 0 Å². The van der Waals surface area contributed by atoms with Gasteiger partial charge in [0.15, 0.2) is 11.7 Å². The highest BCUT2D eigenvalue weighted by Crippen LogP contribution is 2.22. The van der Waals surface area contributed by atoms with Crippen LogP contribution in [-0.2, 0) is 14.4 Å². The molecule has 11 nitrogen and oxygen atoms in total. The van der Waals surface area contributed by atoms with Crippen molar-refractivity contribution in [3.8, 4) is 0 Å². The second-order valence-electron chi connectivity index (χ2n) is 9.24. The smallest absolute Gasteiger partial charge is 0.251 e. The Kier molecular flexibility index (Phi) is 11.4. The molecule has 0 radical (unpaired) electrons. The summed E-state index contributed by atoms with van der Waals surface area (Å²) in [5.41, 5.74) is 5.57. The van der Waals surface area contributed by atoms with Crippen LogP contribution in [0.1, 0.15) is 43.5 Å². The molecule has 7 N–H and O–H groups in total. The number of nitrogens with zero attached hydrogens (tertiary/aromatic N) is 1. The van der Waals surface area contributed by atoms with Gasteiger partial charge in [-0.25, -0.2) is 4.39 Å². The van der Waals surface area contributed by atoms with Gasteiger partial charge in [0.1, 0.15) is 18.8 Å². The van der Waals surface area contributed by atoms with Gasteiger partial charge >= 0.3 is 0 Å². The number of aliphatic hydroxyl groups is 1. The van der Waals surface area contributed by atoms with Gasteiger partial charge < -0.3 is 31.7 Å². The number of aliphatic hydroxyl groups excluding tert-OH is 1. The highest BCUT2D eigenvalue weighted by Gasteiger charge is 2.43. The van der Waals surface area contributed by atoms with Crippen molar-refractivity contribution in [1.82, 2.24) is 20.9 Å². The Morgan fingerprint density at radius 3 is 2.43 bits per heavy atom. The highest BCUT2D eigenvalue weighted by molar-refractivity contribution is 9.10. The van der Waals surface area contributed by atoms with Crippen molar-refractivity contribution < 1.29 is 28.7 Å². The second kappa shape index (κ2) is 14.0. The molecule has 0 spiro atoms. The molecule has 1 saturated heterocycles. The Bertz CT molecular complexity index is 992. The molecule has 1 aliphatic rings. The van der Waals surface area contributed by atoms with Crippen molar-refractivity contribution in [1.29, 1.82) is 5.41 Å². The standard InChI is InChI=1S/C24H34BrFN6O5/c1-13(2)20(31-21(35)14-5-7-15(25)8-6-14)23(37)32-12-16(33)10-18(32)22(36)30-17(19(34)11-26)4-3-9-29-24(27)28/h5-8,13,16-18,20,33H,3-4,9-12H2,1-2H3,(H,30,36)(H,31,35)(H4,27,28,29)/t16-,17?,18+,20?/m1/s1. The van der Waals surface area contributed by atoms with Crippen LogP contribution in [0.3, 0.4) is 0 Å². The molecule has 4 atom stereocenters. The molecule has 1 aliphatic heterocycles. The Balaban J connectivity index is 2.13. The summed E-state index contributed by atoms with van der Waals surface area (Å²) in [6.07, 6.45) is -0.629. The normalized spacial score (nSPS) is 18.7. The van der Waals surface area contributed by atoms with E-state index in [2.05, 4.69) is 31.9 Å². The first-order valence-corrected chi connectivity index (χ1v) is 12.8. The van der Waals surface area contributed by atoms with E-state index in [4.69, 9.17) is 11.1 Å². The third-order valence-electron chi connectivity index (χ3n) is 6.01. The number of halogens is 2. The SMILES string of the molecule is CC(C)C(NC(=O)c1ccc(Br)cc1)C(=O)N1C[C@H](O)C[C@H]1C(=O)NC(CCCNC(=N)N)C(=O)CF. The summed E-state index contributed by atoms with van der Waals surface area (Å²) >= 11 is 3.30. The van der Waals surface area contributed by atoms with Crippen molar-refractivity contribution in [2.45, 2.75) is 57.3 Å². The molecule has 1 aromatic rings. The van der Waals surface area contributed by atoms with E-state index in [0.717, 1.165) is 4.47 Å². The van der Waals surface area contributed by atoms with E-state index < -0.39 is 54.4 Å². The predicted molar refractivity (Wildman–Crippen MR) is 138 cm³/mol. The zero-order valence-corrected chi connectivity index (χ0v) is 22.4. The number of carbonyl (C=O) groups is 4. The molecule has 2 rings (SSSR count). The van der Waals surface area contributed by atoms with Gasteiger partial charge in [0.05, 0.1) is 12.1 Å². The lowest BCUT2D eigenvalue weighted by Crippen LogP contribution is -2.56. The topological polar surface area (TPSA) is 178 Å². The Morgan fingerprint density at radius 1 is 1.22 bits per heavy atom. The number of Topliss-reactive ketones (excluding diaryl/α,β-unsaturated/α-hetero) is 1. The molecular formula is C24H34BrFN6O5. The van der Waals surface area contributed by atoms with Crippen LogP contribution >= 0.6 is 15.9 Å². The zero-order valence-electron chi connectivity index (χ0n) is 20.8. The fourth-order valence-corrected chi connectivity index (χ4v) is 4.29. The maximum atomic E-state index is 13.5. The predicted octanol–water partition coefficient (Wildman–Crippen LogP) is 0.452. The highest BCUT2D eigenvalue weighted by atomic mass is 79.9. The Labute approximate surface area is 223 Å². The molecule has 0 aromatic heterocycles. The average molecular weight is 585 g/mol. The largest absolute Gasteiger partial charge is 0.391 e. The number of β-amino-alcohol motifs (C(OH)–C–C–N with tert-alkyl or cyclic N) is 1. The molecular weight excluding hydrogens is 551 g/mol. The number of hydrogen-bond donors (Lipinski definition) is 6. The van der Waals surface area contributed by atoms with Gasteiger partial charge in [-0.3, -0.25) is 24.6 Å². The lowest BCUT2D eigenvalue weighted by atomic mass is 10.0. The Morgan fingerprint density at radius 2 is 1.86 bits per heavy atom. The summed E-state index contributed by atoms with van der Waals surface area (Å²) in [6.45, 7) is 2.34. The number of rotatable bonds is 12. The summed E-state index contributed by atoms with van der Waals surface area (Å²) in [6, 6.07) is 3.39. The maximum Gasteiger partial charge on any atom is 0.251 e. The van der Waals surface area contributed by atoms with E-state index in [1.165, 1.54) is 4.90 Å². The number of carbonyl (C=O) groups excluding carboxylic acids is 4. The number of guanidine groups is 1. The van der Waals surface area contributed by atoms with Crippen LogP contribution in [0.15, 0.2) is 28.7 Å². The molecule has 3 amide bonds. The molecule has 204 valence electrons. The van der Waals surface area contributed by atoms with Crippen molar-refractivity contribution >= 4 is 45.4 Å². The summed E-state index contributed by atoms with van der Waals surface area (Å²) < 4.78 is 13.9. The van der Waals surface area contributed by atoms with Gasteiger partial charge in [0, 0.05) is 29.5 Å². The van der Waals surface area contributed by atoms with Gasteiger partial charge in [-0.05, 0) is 43.0 Å². The monoisotopic (exact) mass is 584 g/mol. The number of likely N-dealkylation sites (tertiary alicyclic amines) is 1. The number of nitrogens with two attached hydrogens (primary N) is 1. The summed E-state index contributed by atoms with van der Waals surface area (Å²) in [5.74, 6) is -3.11. The van der Waals surface area contributed by atoms with Crippen molar-refractivity contribution in [2.24, 2.45) is 11.7 Å². The van der Waals surface area contributed by atoms with Crippen LogP contribution in [0.2, 0.25) is 0 Å². The van der Waals surface area contributed by atoms with Crippen molar-refractivity contribution in [3.63, 3.8) is 0 Å². The quantitative estimate of drug-likeness (QED) is 0.117. The average Bonchev–Trinajstić information content (AvgIpc) is 3.25. The summed E-state index contributed by atoms with van der Waals surface area (Å²) in [5, 5.41) is 25.2. The molecule has 0 bridgehead atoms. The fraction of sp³-hybridized carbons (Fsp3) is 0.542. The van der Waals surface area contributed by atoms with E-state index in [-0.39, 0.29) is 37.8 Å². The molecule has 13 heteroatoms. The van der Waals surface area contributed by atoms with Crippen LogP contribution in [0, 0.1) is 11.3 Å². The Hall–Kier alpha value is -3.06. The lowest BCUT2D eigenvalue weighted by Gasteiger charge is -2.31. The number of ketones is 1. The number of alkyl halides is 1. The first-order valence-electron chi connectivity index (χ1n) is 12.0. The van der Waals surface area contributed by atoms with Crippen LogP contribution in [0.25, 0.3) is 0 Å². The number of amides is 3. The van der Waals surface area contributed by atoms with E-state index >= 15 is 0 Å². The molecule has 1 fully saturated rings. The van der Waals surface area contributed by atoms with Gasteiger partial charge in [0.25, 0.3) is 5.91 Å². The van der Waals surface area contributed by atoms with Gasteiger partial charge in [-0.1, -0.05) is 29.8 Å². The van der Waals surface area contributed by atoms with E-state index in [1.54, 1.807) is 38.1 Å². The third-order valence-corrected chi connectivity index (χ3v) is 6.54. The number of hydrogen-bond acceptors (Lipinski definition) is 6. The third kappa shape index (κ3) is 8.78. The lowest BCUT2D eigenvalue weighted by molar-refractivity contribution is -0.141. The van der Waals surface area contributed by atoms with Crippen molar-refractivity contribution in [2.75, 3.05) is 19.8 Å². The molecule has 1 heterocycles. The van der Waals surface area contributed by atoms with Crippen LogP contribution in [0.4, 0.5) is 4.39 Å². The van der Waals surface area contributed by atoms with Gasteiger partial charge in [0.2, 0.25) is 11.8 Å². The summed E-state index contributed by atoms with van der Waals surface area (Å²) in [7, 11) is 0. The molecule has 1 aromatic carbocycles. The maximum absolute atomic E-state index is 13.5. The fourth-order valence-electron chi connectivity index (χ4n) is 4.03. The van der Waals surface area contributed by atoms with Gasteiger partial charge in [-0.2, -0.15) is 0 Å². The number of nitrogens with one attached hydrogen (secondary N) is 4. The molecule has 0 saturated carbocycles. The van der Waals surface area contributed by atoms with E-state index in [9.17, 15) is 28.7 Å². The minimum atomic E-state index is -1.28. The van der Waals surface area contributed by atoms with Crippen LogP contribution in [0.5, 0.6) is 0 Å². The summed E-state index contributed by atoms with van der Waals surface area (Å²) in [4.78, 5) is 52.6. The first kappa shape index (κ1) is 30.2. The molecule has 37 heavy (non-hydrogen) atoms. The first-order chi connectivity index (χ1) is 17.4. The second-order valence-corrected chi connectivity index (χ2v) is 10.2.